The van der Waals surface area contributed by atoms with E-state index in [1.54, 1.807) is 11.8 Å². The lowest BCUT2D eigenvalue weighted by Gasteiger charge is -2.38. The number of nitrogens with one attached hydrogen (secondary N) is 1. The monoisotopic (exact) mass is 352 g/mol. The topological polar surface area (TPSA) is 49.4 Å². The van der Waals surface area contributed by atoms with E-state index in [2.05, 4.69) is 35.1 Å². The van der Waals surface area contributed by atoms with Crippen LogP contribution in [0.15, 0.2) is 28.7 Å². The number of carbonyl (C=O) groups excluding carboxylic acids is 2. The fourth-order valence-corrected chi connectivity index (χ4v) is 3.06. The highest BCUT2D eigenvalue weighted by Gasteiger charge is 2.38. The van der Waals surface area contributed by atoms with E-state index >= 15 is 0 Å². The molecule has 2 rings (SSSR count). The van der Waals surface area contributed by atoms with Crippen molar-refractivity contribution in [1.29, 1.82) is 0 Å². The van der Waals surface area contributed by atoms with Gasteiger partial charge in [-0.2, -0.15) is 0 Å². The summed E-state index contributed by atoms with van der Waals surface area (Å²) in [5.41, 5.74) is 1.02. The molecule has 2 unspecified atom stereocenters. The van der Waals surface area contributed by atoms with Crippen molar-refractivity contribution in [3.8, 4) is 0 Å². The minimum absolute atomic E-state index is 0.0137. The molecule has 0 aromatic heterocycles. The molecule has 114 valence electrons. The lowest BCUT2D eigenvalue weighted by atomic mass is 9.97. The van der Waals surface area contributed by atoms with Crippen molar-refractivity contribution in [2.24, 2.45) is 5.92 Å². The number of amides is 2. The van der Waals surface area contributed by atoms with E-state index in [0.717, 1.165) is 10.0 Å². The molecule has 1 aromatic carbocycles. The molecule has 1 heterocycles. The van der Waals surface area contributed by atoms with Crippen LogP contribution in [-0.4, -0.2) is 28.8 Å². The van der Waals surface area contributed by atoms with Crippen molar-refractivity contribution < 1.29 is 9.59 Å². The predicted octanol–water partition coefficient (Wildman–Crippen LogP) is 2.71. The summed E-state index contributed by atoms with van der Waals surface area (Å²) < 4.78 is 0.974. The zero-order valence-electron chi connectivity index (χ0n) is 12.6. The van der Waals surface area contributed by atoms with Crippen LogP contribution >= 0.6 is 15.9 Å². The van der Waals surface area contributed by atoms with Gasteiger partial charge in [-0.1, -0.05) is 41.9 Å². The molecule has 21 heavy (non-hydrogen) atoms. The van der Waals surface area contributed by atoms with Crippen LogP contribution < -0.4 is 5.32 Å². The van der Waals surface area contributed by atoms with Crippen molar-refractivity contribution in [3.05, 3.63) is 34.3 Å². The van der Waals surface area contributed by atoms with Crippen molar-refractivity contribution >= 4 is 27.7 Å². The Hall–Kier alpha value is -1.36. The zero-order valence-corrected chi connectivity index (χ0v) is 14.2. The van der Waals surface area contributed by atoms with E-state index < -0.39 is 6.04 Å². The van der Waals surface area contributed by atoms with Crippen molar-refractivity contribution in [2.45, 2.75) is 45.8 Å². The number of hydrogen-bond donors (Lipinski definition) is 1. The van der Waals surface area contributed by atoms with Crippen molar-refractivity contribution in [3.63, 3.8) is 0 Å². The van der Waals surface area contributed by atoms with Gasteiger partial charge in [0, 0.05) is 11.0 Å². The molecule has 1 aliphatic heterocycles. The van der Waals surface area contributed by atoms with Crippen LogP contribution in [0.1, 0.15) is 32.8 Å². The molecule has 0 saturated carbocycles. The molecule has 1 fully saturated rings. The Morgan fingerprint density at radius 1 is 1.33 bits per heavy atom. The number of benzene rings is 1. The summed E-state index contributed by atoms with van der Waals surface area (Å²) in [4.78, 5) is 26.4. The van der Waals surface area contributed by atoms with Crippen molar-refractivity contribution in [1.82, 2.24) is 10.2 Å². The van der Waals surface area contributed by atoms with E-state index in [9.17, 15) is 9.59 Å². The molecule has 2 amide bonds. The molecule has 0 spiro atoms. The average molecular weight is 353 g/mol. The first kappa shape index (κ1) is 16.0. The van der Waals surface area contributed by atoms with Gasteiger partial charge in [-0.05, 0) is 37.0 Å². The molecule has 0 aliphatic carbocycles. The van der Waals surface area contributed by atoms with Crippen LogP contribution in [0.25, 0.3) is 0 Å². The van der Waals surface area contributed by atoms with Gasteiger partial charge in [0.1, 0.15) is 12.1 Å². The quantitative estimate of drug-likeness (QED) is 0.905. The molecule has 1 aliphatic rings. The summed E-state index contributed by atoms with van der Waals surface area (Å²) in [6.07, 6.45) is 0.679. The molecule has 1 aromatic rings. The van der Waals surface area contributed by atoms with Gasteiger partial charge in [-0.15, -0.1) is 0 Å². The second-order valence-corrected chi connectivity index (χ2v) is 6.89. The highest BCUT2D eigenvalue weighted by Crippen LogP contribution is 2.21. The highest BCUT2D eigenvalue weighted by molar-refractivity contribution is 9.10. The second kappa shape index (κ2) is 6.60. The summed E-state index contributed by atoms with van der Waals surface area (Å²) in [7, 11) is 0. The minimum Gasteiger partial charge on any atom is -0.343 e. The Bertz CT molecular complexity index is 545. The van der Waals surface area contributed by atoms with Crippen LogP contribution in [0.4, 0.5) is 0 Å². The second-order valence-electron chi connectivity index (χ2n) is 5.97. The predicted molar refractivity (Wildman–Crippen MR) is 85.5 cm³/mol. The largest absolute Gasteiger partial charge is 0.343 e. The van der Waals surface area contributed by atoms with E-state index in [1.165, 1.54) is 0 Å². The van der Waals surface area contributed by atoms with Crippen molar-refractivity contribution in [2.75, 3.05) is 0 Å². The fraction of sp³-hybridized carbons (Fsp3) is 0.500. The molecular weight excluding hydrogens is 332 g/mol. The third-order valence-corrected chi connectivity index (χ3v) is 4.12. The van der Waals surface area contributed by atoms with Gasteiger partial charge >= 0.3 is 0 Å². The van der Waals surface area contributed by atoms with Gasteiger partial charge in [0.15, 0.2) is 0 Å². The normalized spacial score (nSPS) is 22.6. The average Bonchev–Trinajstić information content (AvgIpc) is 2.40. The van der Waals surface area contributed by atoms with Gasteiger partial charge in [-0.3, -0.25) is 9.59 Å². The summed E-state index contributed by atoms with van der Waals surface area (Å²) >= 11 is 3.44. The maximum atomic E-state index is 12.5. The highest BCUT2D eigenvalue weighted by atomic mass is 79.9. The molecule has 1 saturated heterocycles. The fourth-order valence-electron chi connectivity index (χ4n) is 2.62. The smallest absolute Gasteiger partial charge is 0.245 e. The van der Waals surface area contributed by atoms with E-state index in [-0.39, 0.29) is 17.9 Å². The number of rotatable bonds is 4. The Labute approximate surface area is 134 Å². The number of nitrogens with zero attached hydrogens (tertiary/aromatic N) is 1. The number of halogens is 1. The summed E-state index contributed by atoms with van der Waals surface area (Å²) in [5.74, 6) is 0.290. The third kappa shape index (κ3) is 3.84. The molecule has 0 radical (unpaired) electrons. The molecule has 1 N–H and O–H groups in total. The molecule has 5 heteroatoms. The molecule has 2 atom stereocenters. The lowest BCUT2D eigenvalue weighted by Crippen LogP contribution is -2.62. The maximum absolute atomic E-state index is 12.5. The Balaban J connectivity index is 2.25. The summed E-state index contributed by atoms with van der Waals surface area (Å²) in [6.45, 7) is 6.33. The van der Waals surface area contributed by atoms with Crippen LogP contribution in [0, 0.1) is 5.92 Å². The van der Waals surface area contributed by atoms with Gasteiger partial charge in [0.05, 0.1) is 0 Å². The Kier molecular flexibility index (Phi) is 5.04. The van der Waals surface area contributed by atoms with Crippen LogP contribution in [0.2, 0.25) is 0 Å². The summed E-state index contributed by atoms with van der Waals surface area (Å²) in [5, 5.41) is 2.77. The Morgan fingerprint density at radius 2 is 2.05 bits per heavy atom. The van der Waals surface area contributed by atoms with Crippen LogP contribution in [0.3, 0.4) is 0 Å². The number of piperazine rings is 1. The maximum Gasteiger partial charge on any atom is 0.245 e. The van der Waals surface area contributed by atoms with E-state index in [4.69, 9.17) is 0 Å². The number of hydrogen-bond acceptors (Lipinski definition) is 2. The van der Waals surface area contributed by atoms with Gasteiger partial charge in [0.25, 0.3) is 0 Å². The van der Waals surface area contributed by atoms with Gasteiger partial charge in [-0.25, -0.2) is 0 Å². The zero-order chi connectivity index (χ0) is 15.6. The standard InChI is InChI=1S/C16H21BrN2O2/c1-10(2)7-14-15(20)18-11(3)16(21)19(14)9-12-5-4-6-13(17)8-12/h4-6,8,10-11,14H,7,9H2,1-3H3,(H,18,20). The minimum atomic E-state index is -0.451. The van der Waals surface area contributed by atoms with Gasteiger partial charge < -0.3 is 10.2 Å². The molecule has 4 nitrogen and oxygen atoms in total. The van der Waals surface area contributed by atoms with Crippen LogP contribution in [-0.2, 0) is 16.1 Å². The molecule has 0 bridgehead atoms. The van der Waals surface area contributed by atoms with E-state index in [0.29, 0.717) is 18.9 Å². The number of carbonyl (C=O) groups is 2. The van der Waals surface area contributed by atoms with Gasteiger partial charge in [0.2, 0.25) is 11.8 Å². The van der Waals surface area contributed by atoms with Crippen LogP contribution in [0.5, 0.6) is 0 Å². The SMILES string of the molecule is CC(C)CC1C(=O)NC(C)C(=O)N1Cc1cccc(Br)c1. The third-order valence-electron chi connectivity index (χ3n) is 3.63. The van der Waals surface area contributed by atoms with E-state index in [1.807, 2.05) is 24.3 Å². The Morgan fingerprint density at radius 3 is 2.67 bits per heavy atom. The first-order chi connectivity index (χ1) is 9.88. The lowest BCUT2D eigenvalue weighted by molar-refractivity contribution is -0.150. The first-order valence-corrected chi connectivity index (χ1v) is 8.03. The first-order valence-electron chi connectivity index (χ1n) is 7.23. The summed E-state index contributed by atoms with van der Waals surface area (Å²) in [6, 6.07) is 7.01. The molecular formula is C16H21BrN2O2.